The van der Waals surface area contributed by atoms with Crippen LogP contribution < -0.4 is 7.16 Å². The molecule has 0 nitrogen and oxygen atoms in total. The molecule has 0 saturated carbocycles. The Labute approximate surface area is 172 Å². The second kappa shape index (κ2) is 13.4. The second-order valence-corrected chi connectivity index (χ2v) is 20.5. The molecule has 0 heterocycles. The van der Waals surface area contributed by atoms with Gasteiger partial charge in [0.25, 0.3) is 0 Å². The van der Waals surface area contributed by atoms with E-state index in [4.69, 9.17) is 0 Å². The van der Waals surface area contributed by atoms with Crippen LogP contribution in [0, 0.1) is 0 Å². The van der Waals surface area contributed by atoms with E-state index in [0.717, 1.165) is 0 Å². The minimum absolute atomic E-state index is 1.34. The van der Waals surface area contributed by atoms with E-state index in [0.29, 0.717) is 0 Å². The summed E-state index contributed by atoms with van der Waals surface area (Å²) in [5.41, 5.74) is 0. The summed E-state index contributed by atoms with van der Waals surface area (Å²) >= 11 is -2.62. The van der Waals surface area contributed by atoms with Gasteiger partial charge in [0.05, 0.1) is 0 Å². The predicted octanol–water partition coefficient (Wildman–Crippen LogP) is 7.19. The van der Waals surface area contributed by atoms with Crippen LogP contribution >= 0.6 is 0 Å². The summed E-state index contributed by atoms with van der Waals surface area (Å²) in [7, 11) is 0. The molecule has 148 valence electrons. The maximum atomic E-state index is 2.46. The van der Waals surface area contributed by atoms with Crippen molar-refractivity contribution in [3.63, 3.8) is 0 Å². The molecule has 2 rings (SSSR count). The number of hydrogen-bond acceptors (Lipinski definition) is 0. The molecular weight excluding hydrogens is 431 g/mol. The molecule has 0 bridgehead atoms. The summed E-state index contributed by atoms with van der Waals surface area (Å²) in [6, 6.07) is 23.3. The van der Waals surface area contributed by atoms with E-state index >= 15 is 0 Å². The first-order valence-electron chi connectivity index (χ1n) is 11.4. The number of rotatable bonds is 14. The van der Waals surface area contributed by atoms with Crippen LogP contribution in [-0.4, -0.2) is 18.4 Å². The average Bonchev–Trinajstić information content (AvgIpc) is 2.73. The van der Waals surface area contributed by atoms with E-state index in [1.165, 1.54) is 73.1 Å². The van der Waals surface area contributed by atoms with Gasteiger partial charge < -0.3 is 0 Å². The molecule has 0 aliphatic heterocycles. The van der Waals surface area contributed by atoms with Crippen LogP contribution in [0.1, 0.15) is 78.1 Å². The topological polar surface area (TPSA) is 0 Å². The first-order chi connectivity index (χ1) is 13.3. The molecule has 0 atom stereocenters. The maximum absolute atomic E-state index is 2.62. The first kappa shape index (κ1) is 22.5. The summed E-state index contributed by atoms with van der Waals surface area (Å²) in [5, 5.41) is 0. The van der Waals surface area contributed by atoms with E-state index in [-0.39, 0.29) is 0 Å². The zero-order valence-electron chi connectivity index (χ0n) is 17.8. The fraction of sp³-hybridized carbons (Fsp3) is 0.538. The molecule has 2 aromatic carbocycles. The normalized spacial score (nSPS) is 11.6. The van der Waals surface area contributed by atoms with Crippen molar-refractivity contribution >= 4 is 25.5 Å². The molecule has 0 aliphatic carbocycles. The van der Waals surface area contributed by atoms with Crippen molar-refractivity contribution in [3.05, 3.63) is 60.7 Å². The molecule has 0 fully saturated rings. The van der Waals surface area contributed by atoms with E-state index in [1.807, 2.05) is 0 Å². The Hall–Kier alpha value is -0.761. The Kier molecular flexibility index (Phi) is 11.2. The Morgan fingerprint density at radius 2 is 0.852 bits per heavy atom. The van der Waals surface area contributed by atoms with E-state index < -0.39 is 18.4 Å². The zero-order chi connectivity index (χ0) is 19.2. The van der Waals surface area contributed by atoms with Crippen molar-refractivity contribution < 1.29 is 0 Å². The van der Waals surface area contributed by atoms with Gasteiger partial charge in [-0.1, -0.05) is 0 Å². The molecule has 27 heavy (non-hydrogen) atoms. The fourth-order valence-electron chi connectivity index (χ4n) is 4.44. The molecule has 0 aromatic heterocycles. The summed E-state index contributed by atoms with van der Waals surface area (Å²) in [5.74, 6) is 0. The third-order valence-corrected chi connectivity index (χ3v) is 21.2. The van der Waals surface area contributed by atoms with Crippen molar-refractivity contribution in [2.75, 3.05) is 0 Å². The molecule has 0 N–H and O–H groups in total. The van der Waals surface area contributed by atoms with Gasteiger partial charge in [0.15, 0.2) is 0 Å². The van der Waals surface area contributed by atoms with Crippen LogP contribution in [0.2, 0.25) is 8.87 Å². The van der Waals surface area contributed by atoms with Gasteiger partial charge in [0, 0.05) is 0 Å². The van der Waals surface area contributed by atoms with Gasteiger partial charge in [0.1, 0.15) is 0 Å². The van der Waals surface area contributed by atoms with Crippen molar-refractivity contribution in [1.29, 1.82) is 0 Å². The third kappa shape index (κ3) is 7.29. The summed E-state index contributed by atoms with van der Waals surface area (Å²) < 4.78 is 6.42. The van der Waals surface area contributed by atoms with Crippen LogP contribution in [0.4, 0.5) is 0 Å². The molecule has 0 unspecified atom stereocenters. The van der Waals surface area contributed by atoms with Gasteiger partial charge >= 0.3 is 173 Å². The molecule has 2 aromatic rings. The standard InChI is InChI=1S/2C7H15.2C6H5.Sn/c2*1-3-5-7-6-4-2;2*1-2-4-6-5-3-1;/h2*1,3-7H2,2H3;2*1-5H;. The van der Waals surface area contributed by atoms with Crippen LogP contribution in [0.3, 0.4) is 0 Å². The van der Waals surface area contributed by atoms with Crippen molar-refractivity contribution in [3.8, 4) is 0 Å². The summed E-state index contributed by atoms with van der Waals surface area (Å²) in [4.78, 5) is 0. The minimum atomic E-state index is -2.62. The summed E-state index contributed by atoms with van der Waals surface area (Å²) in [6.07, 6.45) is 14.0. The Bertz CT molecular complexity index is 535. The number of hydrogen-bond donors (Lipinski definition) is 0. The third-order valence-electron chi connectivity index (χ3n) is 6.07. The number of benzene rings is 2. The SMILES string of the molecule is CCCCCC[CH2][Sn]([CH2]CCCCCC)([c]1ccccc1)[c]1ccccc1. The molecule has 0 saturated heterocycles. The van der Waals surface area contributed by atoms with Crippen molar-refractivity contribution in [2.45, 2.75) is 86.9 Å². The summed E-state index contributed by atoms with van der Waals surface area (Å²) in [6.45, 7) is 4.63. The van der Waals surface area contributed by atoms with Crippen LogP contribution in [0.25, 0.3) is 0 Å². The van der Waals surface area contributed by atoms with Gasteiger partial charge in [-0.15, -0.1) is 0 Å². The van der Waals surface area contributed by atoms with Gasteiger partial charge in [-0.2, -0.15) is 0 Å². The van der Waals surface area contributed by atoms with Crippen LogP contribution in [0.15, 0.2) is 60.7 Å². The fourth-order valence-corrected chi connectivity index (χ4v) is 19.0. The van der Waals surface area contributed by atoms with Gasteiger partial charge in [0.2, 0.25) is 0 Å². The zero-order valence-corrected chi connectivity index (χ0v) is 20.6. The van der Waals surface area contributed by atoms with Crippen LogP contribution in [-0.2, 0) is 0 Å². The molecule has 1 heteroatoms. The quantitative estimate of drug-likeness (QED) is 0.202. The monoisotopic (exact) mass is 472 g/mol. The van der Waals surface area contributed by atoms with Gasteiger partial charge in [-0.25, -0.2) is 0 Å². The number of unbranched alkanes of at least 4 members (excludes halogenated alkanes) is 8. The Morgan fingerprint density at radius 1 is 0.481 bits per heavy atom. The first-order valence-corrected chi connectivity index (χ1v) is 18.3. The van der Waals surface area contributed by atoms with E-state index in [9.17, 15) is 0 Å². The van der Waals surface area contributed by atoms with Crippen molar-refractivity contribution in [2.24, 2.45) is 0 Å². The molecule has 0 aliphatic rings. The Balaban J connectivity index is 2.21. The van der Waals surface area contributed by atoms with E-state index in [2.05, 4.69) is 74.5 Å². The van der Waals surface area contributed by atoms with E-state index in [1.54, 1.807) is 7.16 Å². The predicted molar refractivity (Wildman–Crippen MR) is 125 cm³/mol. The Morgan fingerprint density at radius 3 is 1.22 bits per heavy atom. The van der Waals surface area contributed by atoms with Crippen LogP contribution in [0.5, 0.6) is 0 Å². The second-order valence-electron chi connectivity index (χ2n) is 8.14. The molecular formula is C26H40Sn. The van der Waals surface area contributed by atoms with Gasteiger partial charge in [-0.3, -0.25) is 0 Å². The molecule has 0 spiro atoms. The average molecular weight is 471 g/mol. The van der Waals surface area contributed by atoms with Gasteiger partial charge in [-0.05, 0) is 0 Å². The molecule has 0 amide bonds. The molecule has 0 radical (unpaired) electrons. The van der Waals surface area contributed by atoms with Crippen molar-refractivity contribution in [1.82, 2.24) is 0 Å².